The fourth-order valence-electron chi connectivity index (χ4n) is 3.50. The van der Waals surface area contributed by atoms with Gasteiger partial charge in [0.2, 0.25) is 11.8 Å². The third-order valence-corrected chi connectivity index (χ3v) is 6.20. The fraction of sp³-hybridized carbons (Fsp3) is 0.300. The molecule has 2 amide bonds. The Labute approximate surface area is 155 Å². The first kappa shape index (κ1) is 17.1. The first-order valence-corrected chi connectivity index (χ1v) is 9.73. The topological polar surface area (TPSA) is 49.4 Å². The average Bonchev–Trinajstić information content (AvgIpc) is 3.08. The third kappa shape index (κ3) is 3.21. The van der Waals surface area contributed by atoms with Crippen LogP contribution in [0.15, 0.2) is 48.5 Å². The van der Waals surface area contributed by atoms with Gasteiger partial charge in [0.05, 0.1) is 5.25 Å². The second-order valence-electron chi connectivity index (χ2n) is 6.55. The van der Waals surface area contributed by atoms with Gasteiger partial charge in [-0.15, -0.1) is 11.8 Å². The number of rotatable bonds is 3. The maximum Gasteiger partial charge on any atom is 0.250 e. The van der Waals surface area contributed by atoms with Crippen LogP contribution in [-0.2, 0) is 22.4 Å². The molecule has 0 unspecified atom stereocenters. The number of para-hydroxylation sites is 1. The zero-order valence-electron chi connectivity index (χ0n) is 14.2. The minimum absolute atomic E-state index is 0.0693. The number of carbonyl (C=O) groups excluding carboxylic acids is 2. The number of nitrogens with zero attached hydrogens (tertiary/aromatic N) is 1. The smallest absolute Gasteiger partial charge is 0.250 e. The average molecular weight is 370 g/mol. The number of nitrogens with one attached hydrogen (secondary N) is 1. The summed E-state index contributed by atoms with van der Waals surface area (Å²) in [5, 5.41) is 2.47. The zero-order chi connectivity index (χ0) is 18.1. The second-order valence-corrected chi connectivity index (χ2v) is 7.78. The van der Waals surface area contributed by atoms with E-state index in [-0.39, 0.29) is 22.9 Å². The van der Waals surface area contributed by atoms with Gasteiger partial charge in [0.25, 0.3) is 0 Å². The number of fused-ring (bicyclic) bond motifs is 1. The fourth-order valence-corrected chi connectivity index (χ4v) is 4.67. The van der Waals surface area contributed by atoms with E-state index in [4.69, 9.17) is 0 Å². The summed E-state index contributed by atoms with van der Waals surface area (Å²) in [4.78, 5) is 27.1. The van der Waals surface area contributed by atoms with Crippen LogP contribution in [0.5, 0.6) is 0 Å². The van der Waals surface area contributed by atoms with Crippen molar-refractivity contribution in [3.8, 4) is 0 Å². The van der Waals surface area contributed by atoms with Gasteiger partial charge in [-0.3, -0.25) is 9.59 Å². The monoisotopic (exact) mass is 370 g/mol. The highest BCUT2D eigenvalue weighted by Crippen LogP contribution is 2.30. The van der Waals surface area contributed by atoms with E-state index in [1.807, 2.05) is 24.3 Å². The molecule has 2 aliphatic rings. The van der Waals surface area contributed by atoms with Crippen LogP contribution in [0.25, 0.3) is 0 Å². The predicted molar refractivity (Wildman–Crippen MR) is 101 cm³/mol. The molecule has 0 saturated carbocycles. The number of amides is 2. The second kappa shape index (κ2) is 7.11. The number of halogens is 1. The lowest BCUT2D eigenvalue weighted by molar-refractivity contribution is -0.127. The Hall–Kier alpha value is -2.34. The van der Waals surface area contributed by atoms with Gasteiger partial charge in [-0.25, -0.2) is 4.39 Å². The maximum absolute atomic E-state index is 13.8. The van der Waals surface area contributed by atoms with Crippen molar-refractivity contribution in [2.45, 2.75) is 24.1 Å². The lowest BCUT2D eigenvalue weighted by atomic mass is 10.1. The molecule has 0 aromatic heterocycles. The van der Waals surface area contributed by atoms with Crippen LogP contribution in [0.2, 0.25) is 0 Å². The molecule has 4 rings (SSSR count). The van der Waals surface area contributed by atoms with Crippen LogP contribution in [-0.4, -0.2) is 35.4 Å². The van der Waals surface area contributed by atoms with E-state index in [0.717, 1.165) is 17.7 Å². The zero-order valence-corrected chi connectivity index (χ0v) is 15.0. The predicted octanol–water partition coefficient (Wildman–Crippen LogP) is 2.56. The van der Waals surface area contributed by atoms with Crippen LogP contribution in [0, 0.1) is 5.82 Å². The van der Waals surface area contributed by atoms with Crippen molar-refractivity contribution >= 4 is 29.3 Å². The van der Waals surface area contributed by atoms with Crippen LogP contribution in [0.1, 0.15) is 11.1 Å². The van der Waals surface area contributed by atoms with Gasteiger partial charge in [0.15, 0.2) is 0 Å². The van der Waals surface area contributed by atoms with E-state index in [1.165, 1.54) is 17.8 Å². The van der Waals surface area contributed by atoms with Crippen molar-refractivity contribution in [2.75, 3.05) is 17.2 Å². The lowest BCUT2D eigenvalue weighted by Crippen LogP contribution is -2.55. The van der Waals surface area contributed by atoms with Crippen molar-refractivity contribution < 1.29 is 14.0 Å². The Balaban J connectivity index is 1.42. The highest BCUT2D eigenvalue weighted by molar-refractivity contribution is 8.00. The Morgan fingerprint density at radius 2 is 1.96 bits per heavy atom. The molecule has 1 N–H and O–H groups in total. The molecular formula is C20H19FN2O2S. The summed E-state index contributed by atoms with van der Waals surface area (Å²) in [7, 11) is 0. The van der Waals surface area contributed by atoms with E-state index in [1.54, 1.807) is 23.1 Å². The molecule has 0 spiro atoms. The largest absolute Gasteiger partial charge is 0.343 e. The summed E-state index contributed by atoms with van der Waals surface area (Å²) < 4.78 is 13.8. The number of thioether (sulfide) groups is 1. The summed E-state index contributed by atoms with van der Waals surface area (Å²) in [6.45, 7) is 0.647. The van der Waals surface area contributed by atoms with Crippen molar-refractivity contribution in [3.63, 3.8) is 0 Å². The molecule has 26 heavy (non-hydrogen) atoms. The molecule has 2 aliphatic heterocycles. The van der Waals surface area contributed by atoms with Gasteiger partial charge in [0.1, 0.15) is 11.9 Å². The third-order valence-electron chi connectivity index (χ3n) is 4.89. The molecule has 1 fully saturated rings. The van der Waals surface area contributed by atoms with E-state index in [2.05, 4.69) is 5.32 Å². The number of carbonyl (C=O) groups is 2. The summed E-state index contributed by atoms with van der Waals surface area (Å²) in [6, 6.07) is 13.8. The van der Waals surface area contributed by atoms with Gasteiger partial charge in [-0.05, 0) is 36.1 Å². The molecule has 0 aliphatic carbocycles. The van der Waals surface area contributed by atoms with E-state index < -0.39 is 6.04 Å². The lowest BCUT2D eigenvalue weighted by Gasteiger charge is -2.31. The Kier molecular flexibility index (Phi) is 4.68. The van der Waals surface area contributed by atoms with Crippen LogP contribution < -0.4 is 10.2 Å². The summed E-state index contributed by atoms with van der Waals surface area (Å²) >= 11 is 1.43. The molecule has 0 bridgehead atoms. The van der Waals surface area contributed by atoms with Gasteiger partial charge in [0, 0.05) is 18.0 Å². The van der Waals surface area contributed by atoms with Crippen LogP contribution in [0.3, 0.4) is 0 Å². The normalized spacial score (nSPS) is 22.0. The number of hydrogen-bond donors (Lipinski definition) is 1. The van der Waals surface area contributed by atoms with E-state index in [0.29, 0.717) is 24.3 Å². The number of benzene rings is 2. The van der Waals surface area contributed by atoms with Gasteiger partial charge in [-0.1, -0.05) is 36.4 Å². The molecule has 2 aromatic carbocycles. The summed E-state index contributed by atoms with van der Waals surface area (Å²) in [5.74, 6) is -0.0641. The van der Waals surface area contributed by atoms with E-state index >= 15 is 0 Å². The first-order valence-electron chi connectivity index (χ1n) is 8.68. The standard InChI is InChI=1S/C20H19FN2O2S/c21-15-7-3-1-6-14(15)11-18-19(24)22-16(12-26-18)20(25)23-10-9-13-5-2-4-8-17(13)23/h1-8,16,18H,9-12H2,(H,22,24)/t16-,18-/m1/s1. The van der Waals surface area contributed by atoms with E-state index in [9.17, 15) is 14.0 Å². The Morgan fingerprint density at radius 1 is 1.19 bits per heavy atom. The molecule has 4 nitrogen and oxygen atoms in total. The SMILES string of the molecule is O=C1N[C@@H](C(=O)N2CCc3ccccc32)CS[C@@H]1Cc1ccccc1F. The van der Waals surface area contributed by atoms with Gasteiger partial charge in [-0.2, -0.15) is 0 Å². The molecule has 0 radical (unpaired) electrons. The Bertz CT molecular complexity index is 857. The minimum atomic E-state index is -0.532. The molecular weight excluding hydrogens is 351 g/mol. The maximum atomic E-state index is 13.8. The molecule has 2 atom stereocenters. The minimum Gasteiger partial charge on any atom is -0.343 e. The van der Waals surface area contributed by atoms with Crippen LogP contribution in [0.4, 0.5) is 10.1 Å². The van der Waals surface area contributed by atoms with Crippen molar-refractivity contribution in [2.24, 2.45) is 0 Å². The highest BCUT2D eigenvalue weighted by Gasteiger charge is 2.36. The number of anilines is 1. The Morgan fingerprint density at radius 3 is 2.77 bits per heavy atom. The molecule has 134 valence electrons. The number of hydrogen-bond acceptors (Lipinski definition) is 3. The van der Waals surface area contributed by atoms with Crippen LogP contribution >= 0.6 is 11.8 Å². The molecule has 6 heteroatoms. The van der Waals surface area contributed by atoms with Gasteiger partial charge < -0.3 is 10.2 Å². The quantitative estimate of drug-likeness (QED) is 0.903. The summed E-state index contributed by atoms with van der Waals surface area (Å²) in [6.07, 6.45) is 1.17. The van der Waals surface area contributed by atoms with Crippen molar-refractivity contribution in [1.29, 1.82) is 0 Å². The van der Waals surface area contributed by atoms with Gasteiger partial charge >= 0.3 is 0 Å². The molecule has 2 heterocycles. The van der Waals surface area contributed by atoms with Crippen molar-refractivity contribution in [1.82, 2.24) is 5.32 Å². The molecule has 1 saturated heterocycles. The summed E-state index contributed by atoms with van der Waals surface area (Å²) in [5.41, 5.74) is 2.62. The van der Waals surface area contributed by atoms with Crippen molar-refractivity contribution in [3.05, 3.63) is 65.5 Å². The first-order chi connectivity index (χ1) is 12.6. The highest BCUT2D eigenvalue weighted by atomic mass is 32.2. The molecule has 2 aromatic rings.